The number of benzene rings is 1. The molecule has 0 aliphatic rings. The van der Waals surface area contributed by atoms with Crippen molar-refractivity contribution in [2.24, 2.45) is 0 Å². The number of anilines is 1. The molecule has 0 spiro atoms. The van der Waals surface area contributed by atoms with E-state index in [1.54, 1.807) is 19.9 Å². The van der Waals surface area contributed by atoms with Gasteiger partial charge in [0.2, 0.25) is 0 Å². The number of carbonyl (C=O) groups excluding carboxylic acids is 1. The average molecular weight is 307 g/mol. The van der Waals surface area contributed by atoms with Crippen molar-refractivity contribution in [2.45, 2.75) is 20.0 Å². The van der Waals surface area contributed by atoms with E-state index in [2.05, 4.69) is 10.1 Å². The summed E-state index contributed by atoms with van der Waals surface area (Å²) in [6.45, 7) is 2.74. The molecule has 8 heteroatoms. The van der Waals surface area contributed by atoms with Gasteiger partial charge in [-0.05, 0) is 26.0 Å². The second kappa shape index (κ2) is 7.61. The second-order valence-corrected chi connectivity index (χ2v) is 3.84. The second-order valence-electron chi connectivity index (χ2n) is 3.84. The molecule has 0 unspecified atom stereocenters. The topological polar surface area (TPSA) is 56.8 Å². The molecule has 1 amide bonds. The molecular weight excluding hydrogens is 291 g/mol. The molecule has 1 aromatic rings. The Balaban J connectivity index is 2.70. The van der Waals surface area contributed by atoms with Crippen LogP contribution in [0.1, 0.15) is 13.8 Å². The van der Waals surface area contributed by atoms with E-state index >= 15 is 0 Å². The lowest BCUT2D eigenvalue weighted by Crippen LogP contribution is -2.23. The summed E-state index contributed by atoms with van der Waals surface area (Å²) >= 11 is 0. The van der Waals surface area contributed by atoms with Crippen LogP contribution in [0.4, 0.5) is 23.7 Å². The van der Waals surface area contributed by atoms with Crippen molar-refractivity contribution in [2.75, 3.05) is 25.1 Å². The van der Waals surface area contributed by atoms with E-state index in [0.29, 0.717) is 24.7 Å². The number of amides is 1. The fraction of sp³-hybridized carbons (Fsp3) is 0.462. The van der Waals surface area contributed by atoms with Gasteiger partial charge in [0.1, 0.15) is 0 Å². The van der Waals surface area contributed by atoms with Crippen molar-refractivity contribution in [3.05, 3.63) is 18.2 Å². The van der Waals surface area contributed by atoms with E-state index in [9.17, 15) is 18.0 Å². The van der Waals surface area contributed by atoms with Crippen LogP contribution in [-0.4, -0.2) is 32.1 Å². The molecule has 0 atom stereocenters. The molecule has 1 rings (SSSR count). The SMILES string of the molecule is CCOc1ccc(NC(=O)OCC(F)(F)F)cc1OCC. The van der Waals surface area contributed by atoms with Gasteiger partial charge < -0.3 is 14.2 Å². The Labute approximate surface area is 120 Å². The van der Waals surface area contributed by atoms with E-state index in [1.807, 2.05) is 0 Å². The number of hydrogen-bond acceptors (Lipinski definition) is 4. The largest absolute Gasteiger partial charge is 0.490 e. The standard InChI is InChI=1S/C13H16F3NO4/c1-3-19-10-6-5-9(7-11(10)20-4-2)17-12(18)21-8-13(14,15)16/h5-7H,3-4,8H2,1-2H3,(H,17,18). The summed E-state index contributed by atoms with van der Waals surface area (Å²) in [5, 5.41) is 2.19. The number of nitrogens with one attached hydrogen (secondary N) is 1. The highest BCUT2D eigenvalue weighted by Crippen LogP contribution is 2.30. The van der Waals surface area contributed by atoms with Crippen LogP contribution < -0.4 is 14.8 Å². The predicted octanol–water partition coefficient (Wildman–Crippen LogP) is 3.59. The molecule has 21 heavy (non-hydrogen) atoms. The van der Waals surface area contributed by atoms with Crippen LogP contribution in [0.25, 0.3) is 0 Å². The molecule has 1 N–H and O–H groups in total. The molecule has 0 fully saturated rings. The maximum Gasteiger partial charge on any atom is 0.422 e. The van der Waals surface area contributed by atoms with Gasteiger partial charge in [-0.2, -0.15) is 13.2 Å². The first-order chi connectivity index (χ1) is 9.85. The summed E-state index contributed by atoms with van der Waals surface area (Å²) in [4.78, 5) is 11.2. The van der Waals surface area contributed by atoms with Crippen LogP contribution in [0.2, 0.25) is 0 Å². The third-order valence-electron chi connectivity index (χ3n) is 2.16. The van der Waals surface area contributed by atoms with Gasteiger partial charge >= 0.3 is 12.3 Å². The van der Waals surface area contributed by atoms with Crippen LogP contribution in [0.15, 0.2) is 18.2 Å². The van der Waals surface area contributed by atoms with Crippen LogP contribution in [-0.2, 0) is 4.74 Å². The summed E-state index contributed by atoms with van der Waals surface area (Å²) in [7, 11) is 0. The smallest absolute Gasteiger partial charge is 0.422 e. The zero-order valence-electron chi connectivity index (χ0n) is 11.6. The first kappa shape index (κ1) is 16.9. The fourth-order valence-corrected chi connectivity index (χ4v) is 1.43. The Morgan fingerprint density at radius 1 is 1.14 bits per heavy atom. The molecule has 0 bridgehead atoms. The Morgan fingerprint density at radius 2 is 1.76 bits per heavy atom. The number of halogens is 3. The Hall–Kier alpha value is -2.12. The molecule has 0 aromatic heterocycles. The van der Waals surface area contributed by atoms with E-state index in [0.717, 1.165) is 0 Å². The third kappa shape index (κ3) is 6.24. The number of rotatable bonds is 6. The first-order valence-corrected chi connectivity index (χ1v) is 6.26. The summed E-state index contributed by atoms with van der Waals surface area (Å²) in [6.07, 6.45) is -5.76. The Bertz CT molecular complexity index is 477. The van der Waals surface area contributed by atoms with Crippen LogP contribution in [0, 0.1) is 0 Å². The maximum atomic E-state index is 11.9. The van der Waals surface area contributed by atoms with Gasteiger partial charge in [-0.1, -0.05) is 0 Å². The number of carbonyl (C=O) groups is 1. The van der Waals surface area contributed by atoms with Gasteiger partial charge in [0, 0.05) is 11.8 Å². The monoisotopic (exact) mass is 307 g/mol. The minimum Gasteiger partial charge on any atom is -0.490 e. The molecule has 0 aliphatic heterocycles. The van der Waals surface area contributed by atoms with Gasteiger partial charge in [0.25, 0.3) is 0 Å². The van der Waals surface area contributed by atoms with E-state index in [-0.39, 0.29) is 5.69 Å². The van der Waals surface area contributed by atoms with Gasteiger partial charge in [0.05, 0.1) is 13.2 Å². The fourth-order valence-electron chi connectivity index (χ4n) is 1.43. The molecule has 118 valence electrons. The molecule has 0 heterocycles. The lowest BCUT2D eigenvalue weighted by atomic mass is 10.2. The van der Waals surface area contributed by atoms with E-state index in [1.165, 1.54) is 12.1 Å². The summed E-state index contributed by atoms with van der Waals surface area (Å²) < 4.78 is 50.4. The highest BCUT2D eigenvalue weighted by molar-refractivity contribution is 5.85. The normalized spacial score (nSPS) is 10.9. The summed E-state index contributed by atoms with van der Waals surface area (Å²) in [5.74, 6) is 0.863. The van der Waals surface area contributed by atoms with Crippen molar-refractivity contribution in [1.29, 1.82) is 0 Å². The van der Waals surface area contributed by atoms with Crippen molar-refractivity contribution >= 4 is 11.8 Å². The molecule has 0 saturated heterocycles. The minimum atomic E-state index is -4.56. The molecule has 0 radical (unpaired) electrons. The molecule has 5 nitrogen and oxygen atoms in total. The average Bonchev–Trinajstić information content (AvgIpc) is 2.39. The summed E-state index contributed by atoms with van der Waals surface area (Å²) in [6, 6.07) is 4.47. The first-order valence-electron chi connectivity index (χ1n) is 6.26. The van der Waals surface area contributed by atoms with Crippen molar-refractivity contribution in [1.82, 2.24) is 0 Å². The van der Waals surface area contributed by atoms with Gasteiger partial charge in [0.15, 0.2) is 18.1 Å². The Kier molecular flexibility index (Phi) is 6.13. The summed E-state index contributed by atoms with van der Waals surface area (Å²) in [5.41, 5.74) is 0.245. The molecule has 1 aromatic carbocycles. The highest BCUT2D eigenvalue weighted by atomic mass is 19.4. The lowest BCUT2D eigenvalue weighted by molar-refractivity contribution is -0.159. The number of ether oxygens (including phenoxy) is 3. The Morgan fingerprint density at radius 3 is 2.33 bits per heavy atom. The van der Waals surface area contributed by atoms with Gasteiger partial charge in [-0.15, -0.1) is 0 Å². The maximum absolute atomic E-state index is 11.9. The molecule has 0 aliphatic carbocycles. The molecular formula is C13H16F3NO4. The van der Waals surface area contributed by atoms with E-state index in [4.69, 9.17) is 9.47 Å². The van der Waals surface area contributed by atoms with Crippen molar-refractivity contribution < 1.29 is 32.2 Å². The highest BCUT2D eigenvalue weighted by Gasteiger charge is 2.29. The van der Waals surface area contributed by atoms with Crippen LogP contribution in [0.3, 0.4) is 0 Å². The number of hydrogen-bond donors (Lipinski definition) is 1. The number of alkyl halides is 3. The predicted molar refractivity (Wildman–Crippen MR) is 69.8 cm³/mol. The van der Waals surface area contributed by atoms with Crippen molar-refractivity contribution in [3.63, 3.8) is 0 Å². The minimum absolute atomic E-state index is 0.245. The third-order valence-corrected chi connectivity index (χ3v) is 2.16. The quantitative estimate of drug-likeness (QED) is 0.872. The van der Waals surface area contributed by atoms with Crippen LogP contribution in [0.5, 0.6) is 11.5 Å². The zero-order chi connectivity index (χ0) is 15.9. The zero-order valence-corrected chi connectivity index (χ0v) is 11.6. The van der Waals surface area contributed by atoms with Gasteiger partial charge in [-0.25, -0.2) is 4.79 Å². The van der Waals surface area contributed by atoms with Crippen LogP contribution >= 0.6 is 0 Å². The van der Waals surface area contributed by atoms with E-state index < -0.39 is 18.9 Å². The lowest BCUT2D eigenvalue weighted by Gasteiger charge is -2.13. The van der Waals surface area contributed by atoms with Gasteiger partial charge in [-0.3, -0.25) is 5.32 Å². The van der Waals surface area contributed by atoms with Crippen molar-refractivity contribution in [3.8, 4) is 11.5 Å². The molecule has 0 saturated carbocycles.